The van der Waals surface area contributed by atoms with E-state index in [9.17, 15) is 23.1 Å². The van der Waals surface area contributed by atoms with E-state index in [0.29, 0.717) is 33.0 Å². The van der Waals surface area contributed by atoms with Gasteiger partial charge in [-0.25, -0.2) is 9.48 Å². The van der Waals surface area contributed by atoms with Gasteiger partial charge in [0, 0.05) is 16.8 Å². The standard InChI is InChI=1S/C24H15ClF3N5O2/c25-17-9-7-16(8-10-17)20-19(15-4-2-1-3-5-15)21-31-32(23(35)33(21)22(34)30-20)13-14-6-11-18(29-12-14)24(26,27)28/h1-12H,13H2,(H,30,34). The Morgan fingerprint density at radius 3 is 2.29 bits per heavy atom. The monoisotopic (exact) mass is 497 g/mol. The average Bonchev–Trinajstić information content (AvgIpc) is 3.16. The summed E-state index contributed by atoms with van der Waals surface area (Å²) in [7, 11) is 0. The maximum Gasteiger partial charge on any atom is 0.433 e. The molecule has 1 N–H and O–H groups in total. The van der Waals surface area contributed by atoms with Crippen LogP contribution in [-0.4, -0.2) is 29.3 Å². The molecule has 0 aliphatic carbocycles. The number of aromatic hydroxyl groups is 1. The number of aromatic nitrogens is 5. The van der Waals surface area contributed by atoms with Gasteiger partial charge in [0.05, 0.1) is 17.8 Å². The third-order valence-corrected chi connectivity index (χ3v) is 5.59. The highest BCUT2D eigenvalue weighted by Crippen LogP contribution is 2.35. The Kier molecular flexibility index (Phi) is 5.52. The van der Waals surface area contributed by atoms with Gasteiger partial charge in [-0.3, -0.25) is 4.98 Å². The molecule has 3 heterocycles. The molecule has 7 nitrogen and oxygen atoms in total. The molecule has 0 amide bonds. The maximum absolute atomic E-state index is 13.1. The summed E-state index contributed by atoms with van der Waals surface area (Å²) in [5, 5.41) is 15.6. The van der Waals surface area contributed by atoms with E-state index in [1.807, 2.05) is 30.3 Å². The molecule has 0 saturated heterocycles. The third-order valence-electron chi connectivity index (χ3n) is 5.34. The first-order chi connectivity index (χ1) is 16.7. The van der Waals surface area contributed by atoms with Gasteiger partial charge in [0.25, 0.3) is 0 Å². The van der Waals surface area contributed by atoms with Crippen molar-refractivity contribution in [2.75, 3.05) is 0 Å². The Hall–Kier alpha value is -4.18. The number of hydrogen-bond donors (Lipinski definition) is 1. The van der Waals surface area contributed by atoms with Crippen molar-refractivity contribution in [2.24, 2.45) is 0 Å². The number of benzene rings is 2. The first kappa shape index (κ1) is 22.6. The maximum atomic E-state index is 13.1. The molecule has 5 aromatic rings. The zero-order chi connectivity index (χ0) is 24.7. The number of nitrogens with zero attached hydrogens (tertiary/aromatic N) is 5. The SMILES string of the molecule is O=c1n(Cc2ccc(C(F)(F)F)nc2)nc2c(-c3ccccc3)c(-c3ccc(Cl)cc3)nc(O)n12. The third kappa shape index (κ3) is 4.24. The van der Waals surface area contributed by atoms with Crippen molar-refractivity contribution in [1.82, 2.24) is 24.1 Å². The molecule has 5 rings (SSSR count). The molecule has 0 atom stereocenters. The van der Waals surface area contributed by atoms with Gasteiger partial charge in [-0.05, 0) is 29.3 Å². The smallest absolute Gasteiger partial charge is 0.433 e. The van der Waals surface area contributed by atoms with Crippen molar-refractivity contribution < 1.29 is 18.3 Å². The molecule has 0 fully saturated rings. The minimum absolute atomic E-state index is 0.138. The van der Waals surface area contributed by atoms with Crippen LogP contribution in [0.3, 0.4) is 0 Å². The van der Waals surface area contributed by atoms with Crippen molar-refractivity contribution >= 4 is 17.2 Å². The van der Waals surface area contributed by atoms with Crippen molar-refractivity contribution in [3.63, 3.8) is 0 Å². The summed E-state index contributed by atoms with van der Waals surface area (Å²) in [5.41, 5.74) is 0.935. The van der Waals surface area contributed by atoms with E-state index in [-0.39, 0.29) is 12.2 Å². The minimum atomic E-state index is -4.57. The number of rotatable bonds is 4. The van der Waals surface area contributed by atoms with Gasteiger partial charge in [0.15, 0.2) is 5.65 Å². The highest BCUT2D eigenvalue weighted by atomic mass is 35.5. The number of hydrogen-bond acceptors (Lipinski definition) is 5. The minimum Gasteiger partial charge on any atom is -0.480 e. The van der Waals surface area contributed by atoms with Crippen LogP contribution in [0.25, 0.3) is 28.0 Å². The van der Waals surface area contributed by atoms with E-state index in [4.69, 9.17) is 11.6 Å². The lowest BCUT2D eigenvalue weighted by atomic mass is 10.0. The molecular weight excluding hydrogens is 483 g/mol. The predicted octanol–water partition coefficient (Wildman–Crippen LogP) is 5.05. The zero-order valence-electron chi connectivity index (χ0n) is 17.7. The van der Waals surface area contributed by atoms with E-state index in [1.165, 1.54) is 6.07 Å². The van der Waals surface area contributed by atoms with Crippen molar-refractivity contribution in [3.8, 4) is 28.4 Å². The molecule has 0 unspecified atom stereocenters. The van der Waals surface area contributed by atoms with Crippen LogP contribution in [-0.2, 0) is 12.7 Å². The molecule has 35 heavy (non-hydrogen) atoms. The van der Waals surface area contributed by atoms with Crippen molar-refractivity contribution in [2.45, 2.75) is 12.7 Å². The van der Waals surface area contributed by atoms with E-state index in [0.717, 1.165) is 21.3 Å². The fourth-order valence-electron chi connectivity index (χ4n) is 3.71. The largest absolute Gasteiger partial charge is 0.480 e. The van der Waals surface area contributed by atoms with Crippen LogP contribution in [0.15, 0.2) is 77.7 Å². The first-order valence-corrected chi connectivity index (χ1v) is 10.7. The molecule has 0 aliphatic heterocycles. The lowest BCUT2D eigenvalue weighted by molar-refractivity contribution is -0.141. The van der Waals surface area contributed by atoms with Crippen molar-refractivity contribution in [3.05, 3.63) is 99.7 Å². The Morgan fingerprint density at radius 2 is 1.66 bits per heavy atom. The van der Waals surface area contributed by atoms with Crippen LogP contribution in [0.4, 0.5) is 13.2 Å². The number of alkyl halides is 3. The van der Waals surface area contributed by atoms with Crippen LogP contribution in [0, 0.1) is 0 Å². The van der Waals surface area contributed by atoms with Crippen LogP contribution in [0.2, 0.25) is 5.02 Å². The zero-order valence-corrected chi connectivity index (χ0v) is 18.5. The van der Waals surface area contributed by atoms with Gasteiger partial charge < -0.3 is 5.11 Å². The summed E-state index contributed by atoms with van der Waals surface area (Å²) in [6.45, 7) is -0.157. The highest BCUT2D eigenvalue weighted by molar-refractivity contribution is 6.30. The highest BCUT2D eigenvalue weighted by Gasteiger charge is 2.32. The molecule has 3 aromatic heterocycles. The molecular formula is C24H15ClF3N5O2. The molecule has 11 heteroatoms. The molecule has 176 valence electrons. The summed E-state index contributed by atoms with van der Waals surface area (Å²) < 4.78 is 40.5. The second kappa shape index (κ2) is 8.55. The van der Waals surface area contributed by atoms with Gasteiger partial charge in [0.1, 0.15) is 5.69 Å². The molecule has 0 radical (unpaired) electrons. The fraction of sp³-hybridized carbons (Fsp3) is 0.0833. The molecule has 0 saturated carbocycles. The van der Waals surface area contributed by atoms with E-state index >= 15 is 0 Å². The number of pyridine rings is 1. The summed E-state index contributed by atoms with van der Waals surface area (Å²) in [4.78, 5) is 20.8. The van der Waals surface area contributed by atoms with Crippen LogP contribution in [0.5, 0.6) is 6.01 Å². The Morgan fingerprint density at radius 1 is 0.943 bits per heavy atom. The predicted molar refractivity (Wildman–Crippen MR) is 123 cm³/mol. The summed E-state index contributed by atoms with van der Waals surface area (Å²) in [6.07, 6.45) is -3.53. The molecule has 0 spiro atoms. The first-order valence-electron chi connectivity index (χ1n) is 10.3. The van der Waals surface area contributed by atoms with Gasteiger partial charge in [0.2, 0.25) is 0 Å². The Balaban J connectivity index is 1.69. The van der Waals surface area contributed by atoms with Gasteiger partial charge >= 0.3 is 17.9 Å². The summed E-state index contributed by atoms with van der Waals surface area (Å²) in [5.74, 6) is 0. The summed E-state index contributed by atoms with van der Waals surface area (Å²) in [6, 6.07) is 17.4. The number of fused-ring (bicyclic) bond motifs is 1. The van der Waals surface area contributed by atoms with Crippen molar-refractivity contribution in [1.29, 1.82) is 0 Å². The normalized spacial score (nSPS) is 11.8. The molecule has 0 bridgehead atoms. The van der Waals surface area contributed by atoms with Crippen LogP contribution in [0.1, 0.15) is 11.3 Å². The lowest BCUT2D eigenvalue weighted by Crippen LogP contribution is -2.22. The Bertz CT molecular complexity index is 1580. The average molecular weight is 498 g/mol. The van der Waals surface area contributed by atoms with E-state index in [1.54, 1.807) is 24.3 Å². The van der Waals surface area contributed by atoms with E-state index < -0.39 is 23.6 Å². The lowest BCUT2D eigenvalue weighted by Gasteiger charge is -2.11. The second-order valence-corrected chi connectivity index (χ2v) is 8.09. The van der Waals surface area contributed by atoms with Crippen LogP contribution < -0.4 is 5.69 Å². The van der Waals surface area contributed by atoms with Gasteiger partial charge in [-0.1, -0.05) is 60.1 Å². The summed E-state index contributed by atoms with van der Waals surface area (Å²) >= 11 is 6.02. The Labute approximate surface area is 200 Å². The fourth-order valence-corrected chi connectivity index (χ4v) is 3.84. The topological polar surface area (TPSA) is 85.3 Å². The molecule has 2 aromatic carbocycles. The quantitative estimate of drug-likeness (QED) is 0.376. The second-order valence-electron chi connectivity index (χ2n) is 7.66. The van der Waals surface area contributed by atoms with Gasteiger partial charge in [-0.15, -0.1) is 5.10 Å². The van der Waals surface area contributed by atoms with E-state index in [2.05, 4.69) is 15.1 Å². The van der Waals surface area contributed by atoms with Crippen LogP contribution >= 0.6 is 11.6 Å². The number of halogens is 4. The van der Waals surface area contributed by atoms with Gasteiger partial charge in [-0.2, -0.15) is 22.6 Å². The molecule has 0 aliphatic rings.